The summed E-state index contributed by atoms with van der Waals surface area (Å²) in [5, 5.41) is 0. The van der Waals surface area contributed by atoms with Crippen molar-refractivity contribution in [2.45, 2.75) is 67.8 Å². The molecule has 0 heterocycles. The molecule has 0 bridgehead atoms. The summed E-state index contributed by atoms with van der Waals surface area (Å²) in [6, 6.07) is 10.9. The van der Waals surface area contributed by atoms with Gasteiger partial charge in [-0.1, -0.05) is 233 Å². The van der Waals surface area contributed by atoms with Gasteiger partial charge < -0.3 is 66.3 Å². The number of carbonyl (C=O) groups is 9. The van der Waals surface area contributed by atoms with Gasteiger partial charge in [0.15, 0.2) is 29.1 Å². The molecule has 1 saturated carbocycles. The topological polar surface area (TPSA) is 283 Å². The molecule has 3 aromatic rings. The summed E-state index contributed by atoms with van der Waals surface area (Å²) < 4.78 is 60.3. The number of hydrogen-bond acceptors (Lipinski definition) is 23. The van der Waals surface area contributed by atoms with E-state index in [1.807, 2.05) is 0 Å². The lowest BCUT2D eigenvalue weighted by Crippen LogP contribution is -2.55. The minimum atomic E-state index is -2.16. The van der Waals surface area contributed by atoms with E-state index in [-0.39, 0.29) is 22.4 Å². The Bertz CT molecular complexity index is 3330. The zero-order valence-electron chi connectivity index (χ0n) is 46.7. The molecule has 4 rings (SSSR count). The van der Waals surface area contributed by atoms with Gasteiger partial charge in [-0.2, -0.15) is 0 Å². The second-order valence-electron chi connectivity index (χ2n) is 18.7. The van der Waals surface area contributed by atoms with E-state index in [1.165, 1.54) is 43.3 Å². The maximum atomic E-state index is 14.1. The molecule has 1 aliphatic carbocycles. The average molecular weight is 1680 g/mol. The smallest absolute Gasteiger partial charge is 0.461 e. The van der Waals surface area contributed by atoms with Crippen LogP contribution >= 0.6 is 209 Å². The second-order valence-corrected chi connectivity index (χ2v) is 33.8. The van der Waals surface area contributed by atoms with Crippen molar-refractivity contribution in [2.24, 2.45) is 5.41 Å². The first kappa shape index (κ1) is 82.8. The predicted octanol–water partition coefficient (Wildman–Crippen LogP) is 17.3. The first-order valence-electron chi connectivity index (χ1n) is 25.1. The van der Waals surface area contributed by atoms with E-state index in [2.05, 4.69) is 0 Å². The van der Waals surface area contributed by atoms with Gasteiger partial charge in [-0.25, -0.2) is 38.4 Å². The summed E-state index contributed by atoms with van der Waals surface area (Å²) in [5.74, 6) is -7.07. The van der Waals surface area contributed by atoms with E-state index < -0.39 is 177 Å². The Labute approximate surface area is 622 Å². The summed E-state index contributed by atoms with van der Waals surface area (Å²) in [5.41, 5.74) is -1.27. The number of aryl methyl sites for hydroxylation is 1. The van der Waals surface area contributed by atoms with Crippen LogP contribution in [0.15, 0.2) is 72.8 Å². The summed E-state index contributed by atoms with van der Waals surface area (Å²) in [7, 11) is 0. The molecule has 41 heteroatoms. The Morgan fingerprint density at radius 2 is 0.649 bits per heavy atom. The van der Waals surface area contributed by atoms with E-state index in [9.17, 15) is 43.2 Å². The van der Waals surface area contributed by atoms with Crippen LogP contribution in [0.5, 0.6) is 28.7 Å². The quantitative estimate of drug-likeness (QED) is 0.0315. The van der Waals surface area contributed by atoms with Crippen LogP contribution in [0.1, 0.15) is 42.0 Å². The standard InChI is InChI=1S/C53H40Cl18O23/c1-26-3-4-27(15-32(26)91-44(78)84-23-51(63,64)65)7-12-37(72)87-35-18-47(2,41(75)81-20-48(54,55)56)19-36(88-38(73)13-8-28-5-10-30(89-42(76)82-21-49(57,58)59)33(16-28)92-45(79)85-24-52(66,67)68)40(35)94-39(74)14-9-29-6-11-31(90-43(77)83-22-50(60,61)62)34(17-29)93-46(80)86-25-53(69,70)71/h3-17,35-36,40H,18-25H2,1-2H3/b12-7+,13-8+,14-9+/t35-,36-,40-,47-/m1/s1. The van der Waals surface area contributed by atoms with Crippen LogP contribution < -0.4 is 23.7 Å². The van der Waals surface area contributed by atoms with Crippen molar-refractivity contribution in [1.29, 1.82) is 0 Å². The summed E-state index contributed by atoms with van der Waals surface area (Å²) in [6.07, 6.45) is -7.98. The molecule has 0 aliphatic heterocycles. The van der Waals surface area contributed by atoms with Gasteiger partial charge in [0.2, 0.25) is 22.8 Å². The summed E-state index contributed by atoms with van der Waals surface area (Å²) in [4.78, 5) is 119. The van der Waals surface area contributed by atoms with Crippen LogP contribution in [-0.4, -0.2) is 135 Å². The second kappa shape index (κ2) is 36.4. The first-order valence-corrected chi connectivity index (χ1v) is 31.9. The van der Waals surface area contributed by atoms with Gasteiger partial charge >= 0.3 is 54.7 Å². The molecule has 0 unspecified atom stereocenters. The number of benzene rings is 3. The summed E-state index contributed by atoms with van der Waals surface area (Å²) in [6.45, 7) is -1.85. The van der Waals surface area contributed by atoms with Gasteiger partial charge in [-0.3, -0.25) is 4.79 Å². The molecule has 4 atom stereocenters. The van der Waals surface area contributed by atoms with E-state index in [1.54, 1.807) is 6.92 Å². The van der Waals surface area contributed by atoms with Gasteiger partial charge in [0.05, 0.1) is 5.41 Å². The molecule has 94 heavy (non-hydrogen) atoms. The van der Waals surface area contributed by atoms with Gasteiger partial charge in [0.1, 0.15) is 57.6 Å². The van der Waals surface area contributed by atoms with Crippen molar-refractivity contribution in [3.8, 4) is 28.7 Å². The van der Waals surface area contributed by atoms with Crippen molar-refractivity contribution >= 4 is 282 Å². The van der Waals surface area contributed by atoms with Crippen LogP contribution in [0, 0.1) is 12.3 Å². The third-order valence-corrected chi connectivity index (χ3v) is 12.8. The van der Waals surface area contributed by atoms with Crippen molar-refractivity contribution in [3.05, 3.63) is 95.1 Å². The fourth-order valence-electron chi connectivity index (χ4n) is 7.06. The Kier molecular flexibility index (Phi) is 32.1. The normalized spacial score (nSPS) is 17.1. The number of esters is 4. The number of rotatable bonds is 21. The van der Waals surface area contributed by atoms with Crippen molar-refractivity contribution in [1.82, 2.24) is 0 Å². The minimum Gasteiger partial charge on any atom is -0.461 e. The van der Waals surface area contributed by atoms with Crippen LogP contribution in [-0.2, 0) is 61.8 Å². The maximum absolute atomic E-state index is 14.1. The van der Waals surface area contributed by atoms with Crippen LogP contribution in [0.3, 0.4) is 0 Å². The van der Waals surface area contributed by atoms with Gasteiger partial charge in [-0.15, -0.1) is 0 Å². The van der Waals surface area contributed by atoms with Crippen LogP contribution in [0.25, 0.3) is 18.2 Å². The number of alkyl halides is 18. The number of ether oxygens (including phenoxy) is 14. The number of carbonyl (C=O) groups excluding carboxylic acids is 9. The molecule has 0 saturated heterocycles. The maximum Gasteiger partial charge on any atom is 0.514 e. The first-order chi connectivity index (χ1) is 43.2. The SMILES string of the molecule is Cc1ccc(/C=C/C(=O)O[C@@H]2C[C@@](C)(C(=O)OCC(Cl)(Cl)Cl)C[C@@H](OC(=O)/C=C/c3ccc(OC(=O)OCC(Cl)(Cl)Cl)c(OC(=O)OCC(Cl)(Cl)Cl)c3)[C@@H]2OC(=O)/C=C/c2ccc(OC(=O)OCC(Cl)(Cl)Cl)c(OC(=O)OCC(Cl)(Cl)Cl)c2)cc1OC(=O)OCC(Cl)(Cl)Cl. The predicted molar refractivity (Wildman–Crippen MR) is 351 cm³/mol. The molecule has 0 aromatic heterocycles. The molecule has 23 nitrogen and oxygen atoms in total. The fourth-order valence-corrected chi connectivity index (χ4v) is 8.04. The van der Waals surface area contributed by atoms with Crippen molar-refractivity contribution < 1.29 is 109 Å². The van der Waals surface area contributed by atoms with E-state index in [0.717, 1.165) is 54.6 Å². The Morgan fingerprint density at radius 1 is 0.383 bits per heavy atom. The Morgan fingerprint density at radius 3 is 0.968 bits per heavy atom. The highest BCUT2D eigenvalue weighted by atomic mass is 35.6. The highest BCUT2D eigenvalue weighted by Gasteiger charge is 2.53. The molecule has 0 radical (unpaired) electrons. The lowest BCUT2D eigenvalue weighted by molar-refractivity contribution is -0.201. The molecular formula is C53H40Cl18O23. The highest BCUT2D eigenvalue weighted by molar-refractivity contribution is 6.70. The van der Waals surface area contributed by atoms with E-state index in [4.69, 9.17) is 275 Å². The minimum absolute atomic E-state index is 0.0151. The highest BCUT2D eigenvalue weighted by Crippen LogP contribution is 2.43. The number of halogens is 18. The van der Waals surface area contributed by atoms with Crippen molar-refractivity contribution in [2.75, 3.05) is 39.6 Å². The van der Waals surface area contributed by atoms with E-state index >= 15 is 0 Å². The lowest BCUT2D eigenvalue weighted by atomic mass is 9.71. The lowest BCUT2D eigenvalue weighted by Gasteiger charge is -2.43. The Hall–Kier alpha value is -3.67. The molecule has 3 aromatic carbocycles. The van der Waals surface area contributed by atoms with Gasteiger partial charge in [0.25, 0.3) is 0 Å². The van der Waals surface area contributed by atoms with Gasteiger partial charge in [-0.05, 0) is 84.7 Å². The van der Waals surface area contributed by atoms with Crippen LogP contribution in [0.4, 0.5) is 24.0 Å². The van der Waals surface area contributed by atoms with Gasteiger partial charge in [0, 0.05) is 31.1 Å². The Balaban J connectivity index is 1.81. The zero-order chi connectivity index (χ0) is 70.8. The van der Waals surface area contributed by atoms with E-state index in [0.29, 0.717) is 5.56 Å². The third kappa shape index (κ3) is 33.3. The molecule has 1 fully saturated rings. The van der Waals surface area contributed by atoms with Crippen LogP contribution in [0.2, 0.25) is 0 Å². The zero-order valence-corrected chi connectivity index (χ0v) is 60.3. The molecule has 0 amide bonds. The molecule has 0 N–H and O–H groups in total. The molecule has 1 aliphatic rings. The summed E-state index contributed by atoms with van der Waals surface area (Å²) >= 11 is 103. The third-order valence-electron chi connectivity index (χ3n) is 10.8. The van der Waals surface area contributed by atoms with Crippen molar-refractivity contribution in [3.63, 3.8) is 0 Å². The fraction of sp³-hybridized carbons (Fsp3) is 0.377. The number of hydrogen-bond donors (Lipinski definition) is 0. The average Bonchev–Trinajstić information content (AvgIpc) is 0.777. The molecular weight excluding hydrogens is 1640 g/mol. The molecule has 0 spiro atoms. The monoisotopic (exact) mass is 1670 g/mol. The largest absolute Gasteiger partial charge is 0.514 e. The molecule has 516 valence electrons.